The van der Waals surface area contributed by atoms with Crippen LogP contribution in [0.15, 0.2) is 49.1 Å². The van der Waals surface area contributed by atoms with Crippen LogP contribution in [0.1, 0.15) is 40.5 Å². The third kappa shape index (κ3) is 13.8. The molecule has 128 valence electrons. The van der Waals surface area contributed by atoms with Crippen molar-refractivity contribution in [1.82, 2.24) is 9.97 Å². The molecule has 2 heterocycles. The van der Waals surface area contributed by atoms with Crippen molar-refractivity contribution in [1.29, 1.82) is 0 Å². The van der Waals surface area contributed by atoms with Crippen molar-refractivity contribution < 1.29 is 54.2 Å². The zero-order valence-corrected chi connectivity index (χ0v) is 16.1. The van der Waals surface area contributed by atoms with Crippen molar-refractivity contribution in [3.05, 3.63) is 60.2 Å². The number of amides is 1. The Morgan fingerprint density at radius 1 is 1.08 bits per heavy atom. The summed E-state index contributed by atoms with van der Waals surface area (Å²) in [5, 5.41) is 17.8. The van der Waals surface area contributed by atoms with E-state index in [4.69, 9.17) is 10.8 Å². The summed E-state index contributed by atoms with van der Waals surface area (Å²) in [5.74, 6) is -2.34. The van der Waals surface area contributed by atoms with Crippen LogP contribution in [-0.4, -0.2) is 32.9 Å². The van der Waals surface area contributed by atoms with E-state index < -0.39 is 17.8 Å². The first kappa shape index (κ1) is 25.0. The maximum Gasteiger partial charge on any atom is 1.00 e. The first-order chi connectivity index (χ1) is 11.4. The van der Waals surface area contributed by atoms with Crippen LogP contribution < -0.4 is 40.4 Å². The minimum Gasteiger partial charge on any atom is -0.550 e. The van der Waals surface area contributed by atoms with Gasteiger partial charge in [-0.15, -0.1) is 0 Å². The minimum atomic E-state index is -0.961. The van der Waals surface area contributed by atoms with Gasteiger partial charge >= 0.3 is 35.5 Å². The largest absolute Gasteiger partial charge is 1.00 e. The summed E-state index contributed by atoms with van der Waals surface area (Å²) in [6.07, 6.45) is 6.71. The standard InChI is InChI=1S/C6H6N2O.C6H5NO2.C4H8O2.Na/c7-6(9)5-2-1-3-8-4-5;8-6(9)5-2-1-3-7-4-5;1-2-3-4(5)6;/h1-4H,(H2,7,9);1-4H,(H,8,9);2-3H2,1H3,(H,5,6);/q;;;+1/p-1. The number of aromatic nitrogens is 2. The molecule has 0 radical (unpaired) electrons. The van der Waals surface area contributed by atoms with Crippen LogP contribution in [0.2, 0.25) is 0 Å². The van der Waals surface area contributed by atoms with Crippen LogP contribution in [0.5, 0.6) is 0 Å². The summed E-state index contributed by atoms with van der Waals surface area (Å²) in [7, 11) is 0. The van der Waals surface area contributed by atoms with Gasteiger partial charge in [-0.1, -0.05) is 13.3 Å². The molecule has 0 saturated carbocycles. The number of carboxylic acid groups (broad SMARTS) is 2. The van der Waals surface area contributed by atoms with Crippen molar-refractivity contribution in [3.63, 3.8) is 0 Å². The smallest absolute Gasteiger partial charge is 0.550 e. The zero-order chi connectivity index (χ0) is 18.4. The van der Waals surface area contributed by atoms with Gasteiger partial charge in [0.15, 0.2) is 0 Å². The maximum atomic E-state index is 10.4. The second-order valence-electron chi connectivity index (χ2n) is 4.27. The normalized spacial score (nSPS) is 8.36. The second kappa shape index (κ2) is 15.3. The van der Waals surface area contributed by atoms with Gasteiger partial charge in [-0.05, 0) is 30.7 Å². The van der Waals surface area contributed by atoms with E-state index >= 15 is 0 Å². The van der Waals surface area contributed by atoms with Gasteiger partial charge in [0.25, 0.3) is 0 Å². The average Bonchev–Trinajstić information content (AvgIpc) is 2.57. The molecule has 25 heavy (non-hydrogen) atoms. The van der Waals surface area contributed by atoms with Crippen LogP contribution in [-0.2, 0) is 4.79 Å². The van der Waals surface area contributed by atoms with Gasteiger partial charge in [0.05, 0.1) is 11.1 Å². The molecule has 0 aromatic carbocycles. The topological polar surface area (TPSA) is 146 Å². The summed E-state index contributed by atoms with van der Waals surface area (Å²) >= 11 is 0. The molecule has 3 N–H and O–H groups in total. The van der Waals surface area contributed by atoms with Crippen LogP contribution in [0.3, 0.4) is 0 Å². The number of aliphatic carboxylic acids is 1. The molecule has 9 heteroatoms. The number of primary amides is 1. The van der Waals surface area contributed by atoms with E-state index in [1.807, 2.05) is 0 Å². The molecule has 0 aliphatic heterocycles. The average molecular weight is 355 g/mol. The number of carbonyl (C=O) groups excluding carboxylic acids is 2. The summed E-state index contributed by atoms with van der Waals surface area (Å²) in [5.41, 5.74) is 5.60. The van der Waals surface area contributed by atoms with Crippen LogP contribution in [0.4, 0.5) is 0 Å². The number of pyridine rings is 2. The van der Waals surface area contributed by atoms with Gasteiger partial charge in [-0.25, -0.2) is 4.79 Å². The molecule has 0 unspecified atom stereocenters. The minimum absolute atomic E-state index is 0. The Kier molecular flexibility index (Phi) is 15.2. The van der Waals surface area contributed by atoms with Crippen molar-refractivity contribution in [2.24, 2.45) is 5.73 Å². The van der Waals surface area contributed by atoms with E-state index in [0.717, 1.165) is 0 Å². The van der Waals surface area contributed by atoms with Crippen molar-refractivity contribution in [3.8, 4) is 0 Å². The Hall–Kier alpha value is -2.29. The van der Waals surface area contributed by atoms with Gasteiger partial charge in [0, 0.05) is 30.8 Å². The molecular formula is C16H18N3NaO5. The second-order valence-corrected chi connectivity index (χ2v) is 4.27. The molecule has 2 rings (SSSR count). The number of nitrogens with two attached hydrogens (primary N) is 1. The number of hydrogen-bond acceptors (Lipinski definition) is 6. The first-order valence-corrected chi connectivity index (χ1v) is 6.91. The monoisotopic (exact) mass is 355 g/mol. The molecule has 0 saturated heterocycles. The van der Waals surface area contributed by atoms with Crippen LogP contribution in [0.25, 0.3) is 0 Å². The summed E-state index contributed by atoms with van der Waals surface area (Å²) in [4.78, 5) is 37.4. The fraction of sp³-hybridized carbons (Fsp3) is 0.188. The molecule has 8 nitrogen and oxygen atoms in total. The van der Waals surface area contributed by atoms with E-state index in [-0.39, 0.29) is 41.5 Å². The number of aromatic carboxylic acids is 1. The predicted molar refractivity (Wildman–Crippen MR) is 83.9 cm³/mol. The van der Waals surface area contributed by atoms with Gasteiger partial charge in [0.1, 0.15) is 0 Å². The van der Waals surface area contributed by atoms with Crippen LogP contribution >= 0.6 is 0 Å². The van der Waals surface area contributed by atoms with E-state index in [1.165, 1.54) is 24.7 Å². The molecule has 0 spiro atoms. The Morgan fingerprint density at radius 3 is 1.72 bits per heavy atom. The fourth-order valence-corrected chi connectivity index (χ4v) is 1.20. The number of rotatable bonds is 4. The van der Waals surface area contributed by atoms with E-state index in [2.05, 4.69) is 9.97 Å². The van der Waals surface area contributed by atoms with Gasteiger partial charge < -0.3 is 20.7 Å². The predicted octanol–water partition coefficient (Wildman–Crippen LogP) is -2.50. The quantitative estimate of drug-likeness (QED) is 0.576. The molecule has 2 aromatic rings. The van der Waals surface area contributed by atoms with E-state index in [9.17, 15) is 19.5 Å². The molecule has 0 bridgehead atoms. The van der Waals surface area contributed by atoms with Crippen molar-refractivity contribution >= 4 is 17.8 Å². The third-order valence-electron chi connectivity index (χ3n) is 2.31. The number of carbonyl (C=O) groups is 3. The molecule has 2 aromatic heterocycles. The fourth-order valence-electron chi connectivity index (χ4n) is 1.20. The van der Waals surface area contributed by atoms with E-state index in [1.54, 1.807) is 31.3 Å². The van der Waals surface area contributed by atoms with E-state index in [0.29, 0.717) is 12.0 Å². The van der Waals surface area contributed by atoms with Crippen molar-refractivity contribution in [2.45, 2.75) is 19.8 Å². The SMILES string of the molecule is CCCC(=O)[O-].NC(=O)c1cccnc1.O=C(O)c1cccnc1.[Na+]. The Morgan fingerprint density at radius 2 is 1.56 bits per heavy atom. The maximum absolute atomic E-state index is 10.4. The molecular weight excluding hydrogens is 337 g/mol. The Bertz CT molecular complexity index is 589. The zero-order valence-electron chi connectivity index (χ0n) is 14.1. The Balaban J connectivity index is 0. The summed E-state index contributed by atoms with van der Waals surface area (Å²) in [6.45, 7) is 1.80. The summed E-state index contributed by atoms with van der Waals surface area (Å²) in [6, 6.07) is 6.37. The van der Waals surface area contributed by atoms with Gasteiger partial charge in [-0.3, -0.25) is 14.8 Å². The molecule has 0 atom stereocenters. The summed E-state index contributed by atoms with van der Waals surface area (Å²) < 4.78 is 0. The number of carboxylic acids is 2. The van der Waals surface area contributed by atoms with Gasteiger partial charge in [0.2, 0.25) is 5.91 Å². The van der Waals surface area contributed by atoms with Gasteiger partial charge in [-0.2, -0.15) is 0 Å². The number of nitrogens with zero attached hydrogens (tertiary/aromatic N) is 2. The molecule has 0 fully saturated rings. The third-order valence-corrected chi connectivity index (χ3v) is 2.31. The first-order valence-electron chi connectivity index (χ1n) is 6.91. The molecule has 0 aliphatic rings. The Labute approximate surface area is 167 Å². The number of hydrogen-bond donors (Lipinski definition) is 2. The molecule has 1 amide bonds. The van der Waals surface area contributed by atoms with Crippen molar-refractivity contribution in [2.75, 3.05) is 0 Å². The molecule has 0 aliphatic carbocycles. The van der Waals surface area contributed by atoms with Crippen LogP contribution in [0, 0.1) is 0 Å².